The van der Waals surface area contributed by atoms with Crippen molar-refractivity contribution < 1.29 is 4.79 Å². The number of urea groups is 1. The van der Waals surface area contributed by atoms with Crippen molar-refractivity contribution >= 4 is 6.03 Å². The van der Waals surface area contributed by atoms with Gasteiger partial charge in [-0.3, -0.25) is 5.10 Å². The predicted octanol–water partition coefficient (Wildman–Crippen LogP) is 1.37. The summed E-state index contributed by atoms with van der Waals surface area (Å²) in [5.41, 5.74) is 2.47. The quantitative estimate of drug-likeness (QED) is 0.756. The molecule has 1 unspecified atom stereocenters. The van der Waals surface area contributed by atoms with Crippen LogP contribution in [0.3, 0.4) is 0 Å². The lowest BCUT2D eigenvalue weighted by atomic mass is 9.85. The molecule has 2 amide bonds. The maximum Gasteiger partial charge on any atom is 0.315 e. The van der Waals surface area contributed by atoms with E-state index in [1.807, 2.05) is 6.20 Å². The summed E-state index contributed by atoms with van der Waals surface area (Å²) >= 11 is 0. The maximum atomic E-state index is 11.8. The molecule has 2 aliphatic rings. The van der Waals surface area contributed by atoms with Crippen molar-refractivity contribution in [2.24, 2.45) is 5.92 Å². The Morgan fingerprint density at radius 1 is 1.44 bits per heavy atom. The summed E-state index contributed by atoms with van der Waals surface area (Å²) in [5.74, 6) is 0.711. The number of amides is 2. The Kier molecular flexibility index (Phi) is 3.21. The van der Waals surface area contributed by atoms with Gasteiger partial charge < -0.3 is 10.6 Å². The lowest BCUT2D eigenvalue weighted by Crippen LogP contribution is -2.46. The first-order valence-electron chi connectivity index (χ1n) is 6.87. The van der Waals surface area contributed by atoms with Crippen molar-refractivity contribution in [3.63, 3.8) is 0 Å². The van der Waals surface area contributed by atoms with Crippen LogP contribution in [0.2, 0.25) is 0 Å². The second-order valence-electron chi connectivity index (χ2n) is 5.46. The van der Waals surface area contributed by atoms with Crippen molar-refractivity contribution in [2.45, 2.75) is 44.6 Å². The third kappa shape index (κ3) is 2.49. The number of aromatic amines is 1. The van der Waals surface area contributed by atoms with Gasteiger partial charge in [-0.25, -0.2) is 4.79 Å². The molecule has 1 aromatic rings. The number of aryl methyl sites for hydroxylation is 1. The molecule has 1 heterocycles. The molecule has 0 bridgehead atoms. The molecule has 18 heavy (non-hydrogen) atoms. The van der Waals surface area contributed by atoms with Crippen molar-refractivity contribution in [3.8, 4) is 0 Å². The van der Waals surface area contributed by atoms with Gasteiger partial charge in [0.05, 0.1) is 6.20 Å². The second kappa shape index (κ2) is 5.00. The van der Waals surface area contributed by atoms with Gasteiger partial charge in [0.1, 0.15) is 0 Å². The van der Waals surface area contributed by atoms with E-state index in [2.05, 4.69) is 20.8 Å². The van der Waals surface area contributed by atoms with Gasteiger partial charge in [-0.05, 0) is 43.6 Å². The molecule has 1 atom stereocenters. The smallest absolute Gasteiger partial charge is 0.315 e. The van der Waals surface area contributed by atoms with E-state index >= 15 is 0 Å². The minimum atomic E-state index is -0.0150. The first-order chi connectivity index (χ1) is 8.81. The summed E-state index contributed by atoms with van der Waals surface area (Å²) in [4.78, 5) is 11.8. The van der Waals surface area contributed by atoms with Crippen molar-refractivity contribution in [1.82, 2.24) is 20.8 Å². The van der Waals surface area contributed by atoms with Gasteiger partial charge in [-0.2, -0.15) is 5.10 Å². The van der Waals surface area contributed by atoms with Crippen molar-refractivity contribution in [2.75, 3.05) is 6.54 Å². The van der Waals surface area contributed by atoms with Crippen LogP contribution in [0.25, 0.3) is 0 Å². The van der Waals surface area contributed by atoms with Gasteiger partial charge in [0.25, 0.3) is 0 Å². The van der Waals surface area contributed by atoms with E-state index in [9.17, 15) is 4.79 Å². The van der Waals surface area contributed by atoms with Gasteiger partial charge in [0, 0.05) is 18.3 Å². The number of hydrogen-bond donors (Lipinski definition) is 3. The topological polar surface area (TPSA) is 69.8 Å². The molecule has 1 aromatic heterocycles. The number of hydrogen-bond acceptors (Lipinski definition) is 2. The van der Waals surface area contributed by atoms with Crippen LogP contribution in [0.1, 0.15) is 36.9 Å². The summed E-state index contributed by atoms with van der Waals surface area (Å²) in [6.45, 7) is 0.829. The number of aromatic nitrogens is 2. The average molecular weight is 248 g/mol. The Balaban J connectivity index is 1.44. The molecule has 1 saturated carbocycles. The first kappa shape index (κ1) is 11.6. The van der Waals surface area contributed by atoms with Crippen LogP contribution in [0.4, 0.5) is 4.79 Å². The lowest BCUT2D eigenvalue weighted by molar-refractivity contribution is 0.227. The lowest BCUT2D eigenvalue weighted by Gasteiger charge is -2.27. The predicted molar refractivity (Wildman–Crippen MR) is 68.3 cm³/mol. The Morgan fingerprint density at radius 2 is 2.33 bits per heavy atom. The highest BCUT2D eigenvalue weighted by atomic mass is 16.2. The third-order valence-electron chi connectivity index (χ3n) is 4.13. The molecule has 0 radical (unpaired) electrons. The van der Waals surface area contributed by atoms with E-state index < -0.39 is 0 Å². The van der Waals surface area contributed by atoms with Crippen LogP contribution in [0.15, 0.2) is 6.20 Å². The Hall–Kier alpha value is -1.52. The summed E-state index contributed by atoms with van der Waals surface area (Å²) in [6.07, 6.45) is 8.58. The summed E-state index contributed by atoms with van der Waals surface area (Å²) in [5, 5.41) is 13.1. The zero-order valence-electron chi connectivity index (χ0n) is 10.5. The van der Waals surface area contributed by atoms with Gasteiger partial charge in [-0.15, -0.1) is 0 Å². The van der Waals surface area contributed by atoms with Crippen LogP contribution in [0.5, 0.6) is 0 Å². The fraction of sp³-hybridized carbons (Fsp3) is 0.692. The largest absolute Gasteiger partial charge is 0.338 e. The molecule has 1 fully saturated rings. The molecular weight excluding hydrogens is 228 g/mol. The molecule has 5 heteroatoms. The highest BCUT2D eigenvalue weighted by Gasteiger charge is 2.22. The minimum absolute atomic E-state index is 0.0150. The van der Waals surface area contributed by atoms with Gasteiger partial charge in [0.15, 0.2) is 0 Å². The minimum Gasteiger partial charge on any atom is -0.338 e. The highest BCUT2D eigenvalue weighted by Crippen LogP contribution is 2.25. The second-order valence-corrected chi connectivity index (χ2v) is 5.46. The monoisotopic (exact) mass is 248 g/mol. The highest BCUT2D eigenvalue weighted by molar-refractivity contribution is 5.74. The Bertz CT molecular complexity index is 424. The molecule has 3 N–H and O–H groups in total. The molecule has 0 spiro atoms. The Morgan fingerprint density at radius 3 is 3.11 bits per heavy atom. The average Bonchev–Trinajstić information content (AvgIpc) is 2.74. The van der Waals surface area contributed by atoms with E-state index in [1.165, 1.54) is 30.5 Å². The standard InChI is InChI=1S/C13H20N4O/c18-13(14-7-9-2-1-3-9)16-11-4-5-12-10(6-11)8-15-17-12/h8-9,11H,1-7H2,(H,15,17)(H2,14,16,18). The number of fused-ring (bicyclic) bond motifs is 1. The zero-order chi connectivity index (χ0) is 12.4. The van der Waals surface area contributed by atoms with Gasteiger partial charge in [-0.1, -0.05) is 6.42 Å². The SMILES string of the molecule is O=C(NCC1CCC1)NC1CCc2[nH]ncc2C1. The van der Waals surface area contributed by atoms with Crippen molar-refractivity contribution in [3.05, 3.63) is 17.5 Å². The molecule has 0 aromatic carbocycles. The Labute approximate surface area is 107 Å². The van der Waals surface area contributed by atoms with E-state index in [-0.39, 0.29) is 12.1 Å². The fourth-order valence-corrected chi connectivity index (χ4v) is 2.71. The third-order valence-corrected chi connectivity index (χ3v) is 4.13. The van der Waals surface area contributed by atoms with Gasteiger partial charge in [0.2, 0.25) is 0 Å². The number of nitrogens with one attached hydrogen (secondary N) is 3. The van der Waals surface area contributed by atoms with Crippen LogP contribution in [0, 0.1) is 5.92 Å². The van der Waals surface area contributed by atoms with E-state index in [0.29, 0.717) is 5.92 Å². The van der Waals surface area contributed by atoms with Crippen molar-refractivity contribution in [1.29, 1.82) is 0 Å². The molecule has 2 aliphatic carbocycles. The summed E-state index contributed by atoms with van der Waals surface area (Å²) in [6, 6.07) is 0.232. The number of H-pyrrole nitrogens is 1. The molecule has 0 saturated heterocycles. The van der Waals surface area contributed by atoms with E-state index in [4.69, 9.17) is 0 Å². The molecule has 5 nitrogen and oxygen atoms in total. The number of carbonyl (C=O) groups excluding carboxylic acids is 1. The van der Waals surface area contributed by atoms with Crippen LogP contribution in [-0.2, 0) is 12.8 Å². The number of rotatable bonds is 3. The summed E-state index contributed by atoms with van der Waals surface area (Å²) in [7, 11) is 0. The van der Waals surface area contributed by atoms with Crippen LogP contribution in [-0.4, -0.2) is 28.8 Å². The molecular formula is C13H20N4O. The molecule has 0 aliphatic heterocycles. The number of nitrogens with zero attached hydrogens (tertiary/aromatic N) is 1. The maximum absolute atomic E-state index is 11.8. The fourth-order valence-electron chi connectivity index (χ4n) is 2.71. The normalized spacial score (nSPS) is 23.0. The molecule has 98 valence electrons. The summed E-state index contributed by atoms with van der Waals surface area (Å²) < 4.78 is 0. The first-order valence-corrected chi connectivity index (χ1v) is 6.87. The zero-order valence-corrected chi connectivity index (χ0v) is 10.5. The van der Waals surface area contributed by atoms with Gasteiger partial charge >= 0.3 is 6.03 Å². The van der Waals surface area contributed by atoms with Crippen LogP contribution >= 0.6 is 0 Å². The van der Waals surface area contributed by atoms with E-state index in [0.717, 1.165) is 25.8 Å². The number of carbonyl (C=O) groups is 1. The molecule has 3 rings (SSSR count). The van der Waals surface area contributed by atoms with Crippen LogP contribution < -0.4 is 10.6 Å². The van der Waals surface area contributed by atoms with E-state index in [1.54, 1.807) is 0 Å².